The van der Waals surface area contributed by atoms with Crippen LogP contribution in [0, 0.1) is 0 Å². The highest BCUT2D eigenvalue weighted by molar-refractivity contribution is 4.69. The smallest absolute Gasteiger partial charge is 0.0600 e. The third-order valence-electron chi connectivity index (χ3n) is 2.14. The van der Waals surface area contributed by atoms with Gasteiger partial charge in [0.25, 0.3) is 0 Å². The first-order valence-corrected chi connectivity index (χ1v) is 5.33. The Morgan fingerprint density at radius 2 is 1.85 bits per heavy atom. The maximum Gasteiger partial charge on any atom is 0.0600 e. The van der Waals surface area contributed by atoms with Gasteiger partial charge in [0.1, 0.15) is 0 Å². The van der Waals surface area contributed by atoms with Gasteiger partial charge in [0.15, 0.2) is 0 Å². The number of nitrogens with two attached hydrogens (primary N) is 1. The Labute approximate surface area is 82.2 Å². The molecule has 0 bridgehead atoms. The second-order valence-corrected chi connectivity index (χ2v) is 3.16. The van der Waals surface area contributed by atoms with Gasteiger partial charge in [0.05, 0.1) is 12.7 Å². The molecule has 0 spiro atoms. The van der Waals surface area contributed by atoms with Gasteiger partial charge in [0, 0.05) is 19.6 Å². The molecule has 80 valence electrons. The first kappa shape index (κ1) is 12.9. The normalized spacial score (nSPS) is 19.4. The van der Waals surface area contributed by atoms with E-state index in [0.717, 1.165) is 25.9 Å². The summed E-state index contributed by atoms with van der Waals surface area (Å²) in [5.41, 5.74) is 5.34. The van der Waals surface area contributed by atoms with Crippen molar-refractivity contribution in [2.45, 2.75) is 32.8 Å². The molecule has 1 aliphatic rings. The lowest BCUT2D eigenvalue weighted by atomic mass is 10.1. The fourth-order valence-corrected chi connectivity index (χ4v) is 1.39. The Bertz CT molecular complexity index is 98.3. The van der Waals surface area contributed by atoms with Crippen molar-refractivity contribution in [3.05, 3.63) is 0 Å². The van der Waals surface area contributed by atoms with Crippen molar-refractivity contribution < 1.29 is 4.74 Å². The fraction of sp³-hybridized carbons (Fsp3) is 1.00. The topological polar surface area (TPSA) is 38.5 Å². The lowest BCUT2D eigenvalue weighted by Crippen LogP contribution is -2.34. The van der Waals surface area contributed by atoms with Crippen LogP contribution in [0.3, 0.4) is 0 Å². The van der Waals surface area contributed by atoms with Crippen LogP contribution in [0.25, 0.3) is 0 Å². The number of ether oxygens (including phenoxy) is 1. The zero-order valence-corrected chi connectivity index (χ0v) is 9.25. The van der Waals surface area contributed by atoms with Gasteiger partial charge >= 0.3 is 0 Å². The van der Waals surface area contributed by atoms with E-state index in [4.69, 9.17) is 10.5 Å². The van der Waals surface area contributed by atoms with Crippen LogP contribution < -0.4 is 5.73 Å². The Kier molecular flexibility index (Phi) is 8.40. The van der Waals surface area contributed by atoms with Crippen LogP contribution in [0.1, 0.15) is 26.7 Å². The van der Waals surface area contributed by atoms with Crippen LogP contribution >= 0.6 is 0 Å². The highest BCUT2D eigenvalue weighted by Gasteiger charge is 2.15. The highest BCUT2D eigenvalue weighted by atomic mass is 16.5. The lowest BCUT2D eigenvalue weighted by Gasteiger charge is -2.28. The predicted molar refractivity (Wildman–Crippen MR) is 56.9 cm³/mol. The molecule has 0 aromatic rings. The van der Waals surface area contributed by atoms with Gasteiger partial charge in [-0.1, -0.05) is 13.8 Å². The predicted octanol–water partition coefficient (Wildman–Crippen LogP) is 1.08. The molecule has 3 heteroatoms. The van der Waals surface area contributed by atoms with Gasteiger partial charge in [-0.15, -0.1) is 0 Å². The van der Waals surface area contributed by atoms with Gasteiger partial charge in [-0.2, -0.15) is 0 Å². The average molecular weight is 188 g/mol. The molecule has 1 saturated heterocycles. The van der Waals surface area contributed by atoms with Crippen LogP contribution in [0.15, 0.2) is 0 Å². The molecule has 0 atom stereocenters. The summed E-state index contributed by atoms with van der Waals surface area (Å²) in [7, 11) is 2.15. The van der Waals surface area contributed by atoms with Crippen molar-refractivity contribution in [2.75, 3.05) is 33.3 Å². The van der Waals surface area contributed by atoms with Gasteiger partial charge in [-0.25, -0.2) is 0 Å². The number of hydrogen-bond acceptors (Lipinski definition) is 3. The highest BCUT2D eigenvalue weighted by Crippen LogP contribution is 2.11. The number of likely N-dealkylation sites (tertiary alicyclic amines) is 1. The van der Waals surface area contributed by atoms with E-state index in [-0.39, 0.29) is 0 Å². The summed E-state index contributed by atoms with van der Waals surface area (Å²) < 4.78 is 5.53. The van der Waals surface area contributed by atoms with Crippen molar-refractivity contribution in [2.24, 2.45) is 5.73 Å². The SMILES string of the molecule is CC.CN1CCC(OCCN)CC1. The number of rotatable bonds is 3. The van der Waals surface area contributed by atoms with Gasteiger partial charge in [-0.05, 0) is 19.9 Å². The Hall–Kier alpha value is -0.120. The third-order valence-corrected chi connectivity index (χ3v) is 2.14. The molecule has 13 heavy (non-hydrogen) atoms. The van der Waals surface area contributed by atoms with E-state index in [1.54, 1.807) is 0 Å². The van der Waals surface area contributed by atoms with Crippen molar-refractivity contribution in [3.8, 4) is 0 Å². The summed E-state index contributed by atoms with van der Waals surface area (Å²) >= 11 is 0. The van der Waals surface area contributed by atoms with Crippen LogP contribution in [-0.2, 0) is 4.74 Å². The number of nitrogens with zero attached hydrogens (tertiary/aromatic N) is 1. The minimum absolute atomic E-state index is 0.467. The molecule has 1 rings (SSSR count). The molecule has 1 fully saturated rings. The van der Waals surface area contributed by atoms with Crippen molar-refractivity contribution in [1.82, 2.24) is 4.90 Å². The Morgan fingerprint density at radius 3 is 2.31 bits per heavy atom. The molecule has 1 aliphatic heterocycles. The molecule has 0 saturated carbocycles. The van der Waals surface area contributed by atoms with E-state index in [2.05, 4.69) is 11.9 Å². The molecule has 3 nitrogen and oxygen atoms in total. The molecular weight excluding hydrogens is 164 g/mol. The molecule has 2 N–H and O–H groups in total. The zero-order chi connectivity index (χ0) is 10.1. The molecule has 1 heterocycles. The zero-order valence-electron chi connectivity index (χ0n) is 9.25. The molecule has 0 aliphatic carbocycles. The van der Waals surface area contributed by atoms with Crippen LogP contribution in [0.4, 0.5) is 0 Å². The maximum absolute atomic E-state index is 5.53. The molecule has 0 radical (unpaired) electrons. The molecule has 0 amide bonds. The largest absolute Gasteiger partial charge is 0.377 e. The van der Waals surface area contributed by atoms with E-state index in [1.165, 1.54) is 0 Å². The summed E-state index contributed by atoms with van der Waals surface area (Å²) in [5, 5.41) is 0. The second-order valence-electron chi connectivity index (χ2n) is 3.16. The Balaban J connectivity index is 0.000000671. The summed E-state index contributed by atoms with van der Waals surface area (Å²) in [6.45, 7) is 7.69. The maximum atomic E-state index is 5.53. The summed E-state index contributed by atoms with van der Waals surface area (Å²) in [5.74, 6) is 0. The van der Waals surface area contributed by atoms with Crippen molar-refractivity contribution in [1.29, 1.82) is 0 Å². The van der Waals surface area contributed by atoms with Gasteiger partial charge in [-0.3, -0.25) is 0 Å². The molecule has 0 aromatic carbocycles. The van der Waals surface area contributed by atoms with E-state index in [1.807, 2.05) is 13.8 Å². The minimum Gasteiger partial charge on any atom is -0.377 e. The average Bonchev–Trinajstić information content (AvgIpc) is 2.20. The summed E-state index contributed by atoms with van der Waals surface area (Å²) in [6, 6.07) is 0. The molecule has 0 aromatic heterocycles. The van der Waals surface area contributed by atoms with Crippen molar-refractivity contribution >= 4 is 0 Å². The molecular formula is C10H24N2O. The lowest BCUT2D eigenvalue weighted by molar-refractivity contribution is 0.0167. The van der Waals surface area contributed by atoms with E-state index in [9.17, 15) is 0 Å². The van der Waals surface area contributed by atoms with Crippen LogP contribution in [-0.4, -0.2) is 44.3 Å². The fourth-order valence-electron chi connectivity index (χ4n) is 1.39. The molecule has 0 unspecified atom stereocenters. The van der Waals surface area contributed by atoms with Gasteiger partial charge < -0.3 is 15.4 Å². The first-order chi connectivity index (χ1) is 6.33. The Morgan fingerprint density at radius 1 is 1.31 bits per heavy atom. The van der Waals surface area contributed by atoms with E-state index >= 15 is 0 Å². The minimum atomic E-state index is 0.467. The number of piperidine rings is 1. The quantitative estimate of drug-likeness (QED) is 0.720. The third kappa shape index (κ3) is 6.02. The van der Waals surface area contributed by atoms with E-state index < -0.39 is 0 Å². The number of hydrogen-bond donors (Lipinski definition) is 1. The first-order valence-electron chi connectivity index (χ1n) is 5.33. The van der Waals surface area contributed by atoms with Crippen LogP contribution in [0.2, 0.25) is 0 Å². The monoisotopic (exact) mass is 188 g/mol. The van der Waals surface area contributed by atoms with Crippen LogP contribution in [0.5, 0.6) is 0 Å². The summed E-state index contributed by atoms with van der Waals surface area (Å²) in [4.78, 5) is 2.34. The summed E-state index contributed by atoms with van der Waals surface area (Å²) in [6.07, 6.45) is 2.79. The second kappa shape index (κ2) is 8.48. The standard InChI is InChI=1S/C8H18N2O.C2H6/c1-10-5-2-8(3-6-10)11-7-4-9;1-2/h8H,2-7,9H2,1H3;1-2H3. The van der Waals surface area contributed by atoms with Crippen molar-refractivity contribution in [3.63, 3.8) is 0 Å². The van der Waals surface area contributed by atoms with Gasteiger partial charge in [0.2, 0.25) is 0 Å². The van der Waals surface area contributed by atoms with E-state index in [0.29, 0.717) is 19.3 Å².